The van der Waals surface area contributed by atoms with Gasteiger partial charge >= 0.3 is 0 Å². The quantitative estimate of drug-likeness (QED) is 0.794. The number of terminal acetylenes is 1. The minimum absolute atomic E-state index is 0.253. The summed E-state index contributed by atoms with van der Waals surface area (Å²) < 4.78 is 0. The second-order valence-corrected chi connectivity index (χ2v) is 3.77. The molecule has 4 heteroatoms. The fourth-order valence-electron chi connectivity index (χ4n) is 1.03. The summed E-state index contributed by atoms with van der Waals surface area (Å²) in [6.45, 7) is 1.70. The Balaban J connectivity index is 2.97. The summed E-state index contributed by atoms with van der Waals surface area (Å²) in [6.07, 6.45) is 5.14. The summed E-state index contributed by atoms with van der Waals surface area (Å²) in [5.74, 6) is 2.02. The van der Waals surface area contributed by atoms with Crippen LogP contribution in [-0.4, -0.2) is 11.9 Å². The highest BCUT2D eigenvalue weighted by Crippen LogP contribution is 2.23. The molecule has 78 valence electrons. The Bertz CT molecular complexity index is 403. The molecule has 1 aromatic carbocycles. The highest BCUT2D eigenvalue weighted by molar-refractivity contribution is 6.39. The highest BCUT2D eigenvalue weighted by Gasteiger charge is 2.15. The average Bonchev–Trinajstić information content (AvgIpc) is 2.17. The maximum atomic E-state index is 11.7. The predicted octanol–water partition coefficient (Wildman–Crippen LogP) is 2.74. The van der Waals surface area contributed by atoms with Crippen LogP contribution in [-0.2, 0) is 0 Å². The van der Waals surface area contributed by atoms with E-state index in [-0.39, 0.29) is 17.5 Å². The summed E-state index contributed by atoms with van der Waals surface area (Å²) >= 11 is 11.7. The predicted molar refractivity (Wildman–Crippen MR) is 62.2 cm³/mol. The number of nitrogens with one attached hydrogen (secondary N) is 1. The Morgan fingerprint density at radius 1 is 1.47 bits per heavy atom. The maximum absolute atomic E-state index is 11.7. The van der Waals surface area contributed by atoms with Crippen molar-refractivity contribution >= 4 is 29.1 Å². The van der Waals surface area contributed by atoms with Crippen molar-refractivity contribution < 1.29 is 4.79 Å². The van der Waals surface area contributed by atoms with Crippen LogP contribution in [0.25, 0.3) is 0 Å². The Morgan fingerprint density at radius 2 is 2.00 bits per heavy atom. The Labute approximate surface area is 98.6 Å². The van der Waals surface area contributed by atoms with Crippen molar-refractivity contribution in [2.24, 2.45) is 0 Å². The fourth-order valence-corrected chi connectivity index (χ4v) is 1.59. The van der Waals surface area contributed by atoms with Crippen molar-refractivity contribution in [3.63, 3.8) is 0 Å². The maximum Gasteiger partial charge on any atom is 0.255 e. The van der Waals surface area contributed by atoms with Gasteiger partial charge in [-0.05, 0) is 19.1 Å². The largest absolute Gasteiger partial charge is 0.339 e. The third-order valence-corrected chi connectivity index (χ3v) is 2.42. The van der Waals surface area contributed by atoms with E-state index in [4.69, 9.17) is 29.6 Å². The number of amides is 1. The van der Waals surface area contributed by atoms with Gasteiger partial charge in [-0.2, -0.15) is 0 Å². The lowest BCUT2D eigenvalue weighted by Crippen LogP contribution is -2.31. The van der Waals surface area contributed by atoms with Crippen LogP contribution in [0.4, 0.5) is 0 Å². The normalized spacial score (nSPS) is 11.6. The van der Waals surface area contributed by atoms with Crippen LogP contribution in [0.3, 0.4) is 0 Å². The monoisotopic (exact) mass is 241 g/mol. The SMILES string of the molecule is C#CC(C)NC(=O)c1c(Cl)cccc1Cl. The minimum atomic E-state index is -0.365. The molecule has 0 bridgehead atoms. The van der Waals surface area contributed by atoms with E-state index in [9.17, 15) is 4.79 Å². The zero-order valence-corrected chi connectivity index (χ0v) is 9.56. The van der Waals surface area contributed by atoms with Crippen LogP contribution in [0.15, 0.2) is 18.2 Å². The fraction of sp³-hybridized carbons (Fsp3) is 0.182. The van der Waals surface area contributed by atoms with Crippen LogP contribution < -0.4 is 5.32 Å². The van der Waals surface area contributed by atoms with Gasteiger partial charge in [0.15, 0.2) is 0 Å². The number of hydrogen-bond donors (Lipinski definition) is 1. The van der Waals surface area contributed by atoms with Crippen LogP contribution in [0.1, 0.15) is 17.3 Å². The first-order valence-electron chi connectivity index (χ1n) is 4.27. The lowest BCUT2D eigenvalue weighted by atomic mass is 10.2. The van der Waals surface area contributed by atoms with E-state index in [1.54, 1.807) is 25.1 Å². The molecule has 2 nitrogen and oxygen atoms in total. The number of halogens is 2. The number of benzene rings is 1. The molecule has 1 rings (SSSR count). The molecule has 1 amide bonds. The second-order valence-electron chi connectivity index (χ2n) is 2.96. The lowest BCUT2D eigenvalue weighted by Gasteiger charge is -2.10. The third kappa shape index (κ3) is 2.89. The number of rotatable bonds is 2. The molecule has 0 aliphatic heterocycles. The van der Waals surface area contributed by atoms with E-state index < -0.39 is 0 Å². The summed E-state index contributed by atoms with van der Waals surface area (Å²) in [6, 6.07) is 4.52. The van der Waals surface area contributed by atoms with Crippen molar-refractivity contribution in [2.75, 3.05) is 0 Å². The standard InChI is InChI=1S/C11H9Cl2NO/c1-3-7(2)14-11(15)10-8(12)5-4-6-9(10)13/h1,4-7H,2H3,(H,14,15). The molecule has 1 N–H and O–H groups in total. The van der Waals surface area contributed by atoms with Crippen LogP contribution in [0, 0.1) is 12.3 Å². The molecule has 0 fully saturated rings. The smallest absolute Gasteiger partial charge is 0.255 e. The van der Waals surface area contributed by atoms with Gasteiger partial charge in [0.25, 0.3) is 5.91 Å². The van der Waals surface area contributed by atoms with Crippen LogP contribution in [0.5, 0.6) is 0 Å². The molecule has 1 unspecified atom stereocenters. The van der Waals surface area contributed by atoms with E-state index in [1.165, 1.54) is 0 Å². The summed E-state index contributed by atoms with van der Waals surface area (Å²) in [5.41, 5.74) is 0.253. The zero-order chi connectivity index (χ0) is 11.4. The summed E-state index contributed by atoms with van der Waals surface area (Å²) in [7, 11) is 0. The van der Waals surface area contributed by atoms with Crippen molar-refractivity contribution in [1.29, 1.82) is 0 Å². The Kier molecular flexibility index (Phi) is 4.02. The van der Waals surface area contributed by atoms with E-state index in [1.807, 2.05) is 0 Å². The van der Waals surface area contributed by atoms with E-state index in [2.05, 4.69) is 11.2 Å². The molecule has 0 aromatic heterocycles. The van der Waals surface area contributed by atoms with Crippen molar-refractivity contribution in [2.45, 2.75) is 13.0 Å². The number of carbonyl (C=O) groups is 1. The van der Waals surface area contributed by atoms with Crippen molar-refractivity contribution in [1.82, 2.24) is 5.32 Å². The average molecular weight is 242 g/mol. The van der Waals surface area contributed by atoms with Gasteiger partial charge in [0.1, 0.15) is 0 Å². The molecule has 15 heavy (non-hydrogen) atoms. The molecule has 0 aliphatic carbocycles. The molecule has 0 saturated carbocycles. The minimum Gasteiger partial charge on any atom is -0.339 e. The number of carbonyl (C=O) groups excluding carboxylic acids is 1. The first-order chi connectivity index (χ1) is 7.06. The van der Waals surface area contributed by atoms with E-state index >= 15 is 0 Å². The van der Waals surface area contributed by atoms with Gasteiger partial charge in [-0.1, -0.05) is 35.2 Å². The van der Waals surface area contributed by atoms with Gasteiger partial charge in [-0.3, -0.25) is 4.79 Å². The molecule has 1 atom stereocenters. The first-order valence-corrected chi connectivity index (χ1v) is 5.03. The molecule has 0 spiro atoms. The van der Waals surface area contributed by atoms with Gasteiger partial charge in [0, 0.05) is 0 Å². The highest BCUT2D eigenvalue weighted by atomic mass is 35.5. The topological polar surface area (TPSA) is 29.1 Å². The van der Waals surface area contributed by atoms with Gasteiger partial charge in [0.2, 0.25) is 0 Å². The molecule has 1 aromatic rings. The Morgan fingerprint density at radius 3 is 2.47 bits per heavy atom. The van der Waals surface area contributed by atoms with Gasteiger partial charge < -0.3 is 5.32 Å². The van der Waals surface area contributed by atoms with Gasteiger partial charge in [0.05, 0.1) is 21.7 Å². The zero-order valence-electron chi connectivity index (χ0n) is 8.05. The molecule has 0 aliphatic rings. The first kappa shape index (κ1) is 11.9. The van der Waals surface area contributed by atoms with Crippen LogP contribution in [0.2, 0.25) is 10.0 Å². The number of hydrogen-bond acceptors (Lipinski definition) is 1. The third-order valence-electron chi connectivity index (χ3n) is 1.79. The van der Waals surface area contributed by atoms with Gasteiger partial charge in [-0.25, -0.2) is 0 Å². The van der Waals surface area contributed by atoms with Crippen LogP contribution >= 0.6 is 23.2 Å². The van der Waals surface area contributed by atoms with E-state index in [0.717, 1.165) is 0 Å². The summed E-state index contributed by atoms with van der Waals surface area (Å²) in [5, 5.41) is 3.20. The molecule has 0 radical (unpaired) electrons. The molecule has 0 heterocycles. The second kappa shape index (κ2) is 5.06. The molecular weight excluding hydrogens is 233 g/mol. The molecular formula is C11H9Cl2NO. The summed E-state index contributed by atoms with van der Waals surface area (Å²) in [4.78, 5) is 11.7. The Hall–Kier alpha value is -1.17. The van der Waals surface area contributed by atoms with Crippen molar-refractivity contribution in [3.05, 3.63) is 33.8 Å². The van der Waals surface area contributed by atoms with Crippen molar-refractivity contribution in [3.8, 4) is 12.3 Å². The van der Waals surface area contributed by atoms with Gasteiger partial charge in [-0.15, -0.1) is 6.42 Å². The van der Waals surface area contributed by atoms with E-state index in [0.29, 0.717) is 10.0 Å². The molecule has 0 saturated heterocycles. The lowest BCUT2D eigenvalue weighted by molar-refractivity contribution is 0.0948.